The first-order valence-electron chi connectivity index (χ1n) is 5.92. The van der Waals surface area contributed by atoms with Crippen molar-refractivity contribution >= 4 is 5.82 Å². The molecule has 0 aliphatic heterocycles. The molecule has 1 aromatic rings. The van der Waals surface area contributed by atoms with Crippen molar-refractivity contribution in [2.75, 3.05) is 11.9 Å². The molecule has 90 valence electrons. The van der Waals surface area contributed by atoms with E-state index in [4.69, 9.17) is 0 Å². The highest BCUT2D eigenvalue weighted by atomic mass is 15.0. The van der Waals surface area contributed by atoms with Gasteiger partial charge in [-0.25, -0.2) is 4.98 Å². The number of hydrogen-bond acceptors (Lipinski definition) is 3. The summed E-state index contributed by atoms with van der Waals surface area (Å²) >= 11 is 0. The molecule has 16 heavy (non-hydrogen) atoms. The zero-order chi connectivity index (χ0) is 12.1. The Hall–Kier alpha value is -1.09. The Morgan fingerprint density at radius 3 is 2.44 bits per heavy atom. The lowest BCUT2D eigenvalue weighted by molar-refractivity contribution is 0.504. The quantitative estimate of drug-likeness (QED) is 0.802. The van der Waals surface area contributed by atoms with Crippen LogP contribution in [0.25, 0.3) is 0 Å². The van der Waals surface area contributed by atoms with Crippen molar-refractivity contribution < 1.29 is 0 Å². The maximum absolute atomic E-state index is 4.45. The molecular weight excluding hydrogens is 198 g/mol. The van der Waals surface area contributed by atoms with Crippen LogP contribution < -0.4 is 10.6 Å². The SMILES string of the molecule is Cc1cc(C)nc(NCC(C)NC(C)C)c1. The van der Waals surface area contributed by atoms with E-state index in [2.05, 4.69) is 55.4 Å². The molecular formula is C13H23N3. The van der Waals surface area contributed by atoms with Gasteiger partial charge in [-0.05, 0) is 38.5 Å². The second-order valence-corrected chi connectivity index (χ2v) is 4.77. The minimum absolute atomic E-state index is 0.447. The standard InChI is InChI=1S/C13H23N3/c1-9(2)15-12(5)8-14-13-7-10(3)6-11(4)16-13/h6-7,9,12,15H,8H2,1-5H3,(H,14,16). The van der Waals surface area contributed by atoms with Crippen LogP contribution in [-0.2, 0) is 0 Å². The van der Waals surface area contributed by atoms with Crippen LogP contribution in [0.3, 0.4) is 0 Å². The summed E-state index contributed by atoms with van der Waals surface area (Å²) in [6.45, 7) is 11.5. The molecule has 3 nitrogen and oxygen atoms in total. The molecule has 1 rings (SSSR count). The van der Waals surface area contributed by atoms with Gasteiger partial charge in [0.15, 0.2) is 0 Å². The van der Waals surface area contributed by atoms with Crippen molar-refractivity contribution in [2.24, 2.45) is 0 Å². The van der Waals surface area contributed by atoms with Crippen LogP contribution in [-0.4, -0.2) is 23.6 Å². The summed E-state index contributed by atoms with van der Waals surface area (Å²) in [6, 6.07) is 5.13. The number of anilines is 1. The van der Waals surface area contributed by atoms with Crippen LogP contribution in [0.15, 0.2) is 12.1 Å². The zero-order valence-corrected chi connectivity index (χ0v) is 11.0. The van der Waals surface area contributed by atoms with Gasteiger partial charge in [0.25, 0.3) is 0 Å². The third-order valence-corrected chi connectivity index (χ3v) is 2.30. The second-order valence-electron chi connectivity index (χ2n) is 4.77. The Bertz CT molecular complexity index is 314. The lowest BCUT2D eigenvalue weighted by Gasteiger charge is -2.17. The molecule has 0 saturated carbocycles. The molecule has 0 aliphatic rings. The minimum atomic E-state index is 0.447. The number of rotatable bonds is 5. The summed E-state index contributed by atoms with van der Waals surface area (Å²) in [4.78, 5) is 4.45. The van der Waals surface area contributed by atoms with Gasteiger partial charge in [0, 0.05) is 24.3 Å². The number of pyridine rings is 1. The Balaban J connectivity index is 2.48. The molecule has 0 aromatic carbocycles. The van der Waals surface area contributed by atoms with Gasteiger partial charge in [-0.1, -0.05) is 13.8 Å². The third-order valence-electron chi connectivity index (χ3n) is 2.30. The molecule has 1 heterocycles. The lowest BCUT2D eigenvalue weighted by Crippen LogP contribution is -2.37. The largest absolute Gasteiger partial charge is 0.369 e. The number of aryl methyl sites for hydroxylation is 2. The highest BCUT2D eigenvalue weighted by molar-refractivity contribution is 5.39. The summed E-state index contributed by atoms with van der Waals surface area (Å²) in [5.74, 6) is 0.968. The monoisotopic (exact) mass is 221 g/mol. The maximum atomic E-state index is 4.45. The summed E-state index contributed by atoms with van der Waals surface area (Å²) in [5, 5.41) is 6.81. The van der Waals surface area contributed by atoms with Crippen molar-refractivity contribution in [2.45, 2.75) is 46.7 Å². The first-order valence-corrected chi connectivity index (χ1v) is 5.92. The Morgan fingerprint density at radius 2 is 1.88 bits per heavy atom. The van der Waals surface area contributed by atoms with Gasteiger partial charge >= 0.3 is 0 Å². The summed E-state index contributed by atoms with van der Waals surface area (Å²) in [5.41, 5.74) is 2.31. The van der Waals surface area contributed by atoms with Crippen molar-refractivity contribution in [1.29, 1.82) is 0 Å². The first-order chi connectivity index (χ1) is 7.47. The normalized spacial score (nSPS) is 12.9. The van der Waals surface area contributed by atoms with Crippen LogP contribution >= 0.6 is 0 Å². The third kappa shape index (κ3) is 4.62. The fraction of sp³-hybridized carbons (Fsp3) is 0.615. The van der Waals surface area contributed by atoms with Crippen LogP contribution in [0, 0.1) is 13.8 Å². The van der Waals surface area contributed by atoms with E-state index in [0.29, 0.717) is 12.1 Å². The van der Waals surface area contributed by atoms with E-state index in [-0.39, 0.29) is 0 Å². The molecule has 0 bridgehead atoms. The van der Waals surface area contributed by atoms with E-state index < -0.39 is 0 Å². The smallest absolute Gasteiger partial charge is 0.126 e. The lowest BCUT2D eigenvalue weighted by atomic mass is 10.2. The summed E-state index contributed by atoms with van der Waals surface area (Å²) < 4.78 is 0. The van der Waals surface area contributed by atoms with Crippen LogP contribution in [0.1, 0.15) is 32.0 Å². The average Bonchev–Trinajstić information content (AvgIpc) is 2.12. The van der Waals surface area contributed by atoms with Crippen LogP contribution in [0.4, 0.5) is 5.82 Å². The van der Waals surface area contributed by atoms with Crippen molar-refractivity contribution in [3.63, 3.8) is 0 Å². The minimum Gasteiger partial charge on any atom is -0.369 e. The zero-order valence-electron chi connectivity index (χ0n) is 11.0. The van der Waals surface area contributed by atoms with Crippen molar-refractivity contribution in [3.8, 4) is 0 Å². The summed E-state index contributed by atoms with van der Waals surface area (Å²) in [7, 11) is 0. The van der Waals surface area contributed by atoms with Crippen molar-refractivity contribution in [3.05, 3.63) is 23.4 Å². The fourth-order valence-corrected chi connectivity index (χ4v) is 1.82. The van der Waals surface area contributed by atoms with Crippen molar-refractivity contribution in [1.82, 2.24) is 10.3 Å². The second kappa shape index (κ2) is 5.85. The van der Waals surface area contributed by atoms with E-state index in [0.717, 1.165) is 18.1 Å². The highest BCUT2D eigenvalue weighted by Gasteiger charge is 2.03. The highest BCUT2D eigenvalue weighted by Crippen LogP contribution is 2.08. The molecule has 0 spiro atoms. The molecule has 0 fully saturated rings. The average molecular weight is 221 g/mol. The number of nitrogens with zero attached hydrogens (tertiary/aromatic N) is 1. The van der Waals surface area contributed by atoms with Gasteiger partial charge in [0.05, 0.1) is 0 Å². The molecule has 1 unspecified atom stereocenters. The van der Waals surface area contributed by atoms with E-state index in [1.807, 2.05) is 6.92 Å². The number of nitrogens with one attached hydrogen (secondary N) is 2. The molecule has 3 heteroatoms. The number of aromatic nitrogens is 1. The topological polar surface area (TPSA) is 37.0 Å². The van der Waals surface area contributed by atoms with Gasteiger partial charge < -0.3 is 10.6 Å². The van der Waals surface area contributed by atoms with Gasteiger partial charge in [-0.3, -0.25) is 0 Å². The molecule has 0 radical (unpaired) electrons. The van der Waals surface area contributed by atoms with E-state index >= 15 is 0 Å². The molecule has 2 N–H and O–H groups in total. The van der Waals surface area contributed by atoms with E-state index in [1.54, 1.807) is 0 Å². The molecule has 0 aliphatic carbocycles. The van der Waals surface area contributed by atoms with Gasteiger partial charge in [0.2, 0.25) is 0 Å². The van der Waals surface area contributed by atoms with Crippen LogP contribution in [0.5, 0.6) is 0 Å². The Kier molecular flexibility index (Phi) is 4.74. The predicted octanol–water partition coefficient (Wildman–Crippen LogP) is 2.50. The fourth-order valence-electron chi connectivity index (χ4n) is 1.82. The van der Waals surface area contributed by atoms with Crippen LogP contribution in [0.2, 0.25) is 0 Å². The van der Waals surface area contributed by atoms with Gasteiger partial charge in [-0.15, -0.1) is 0 Å². The van der Waals surface area contributed by atoms with E-state index in [1.165, 1.54) is 5.56 Å². The molecule has 1 atom stereocenters. The van der Waals surface area contributed by atoms with E-state index in [9.17, 15) is 0 Å². The molecule has 0 amide bonds. The van der Waals surface area contributed by atoms with Gasteiger partial charge in [0.1, 0.15) is 5.82 Å². The first kappa shape index (κ1) is 13.0. The Morgan fingerprint density at radius 1 is 1.19 bits per heavy atom. The molecule has 0 saturated heterocycles. The number of hydrogen-bond donors (Lipinski definition) is 2. The summed E-state index contributed by atoms with van der Waals surface area (Å²) in [6.07, 6.45) is 0. The predicted molar refractivity (Wildman–Crippen MR) is 69.9 cm³/mol. The van der Waals surface area contributed by atoms with Gasteiger partial charge in [-0.2, -0.15) is 0 Å². The maximum Gasteiger partial charge on any atom is 0.126 e. The molecule has 1 aromatic heterocycles. The Labute approximate surface area is 98.7 Å².